The molecule has 0 aliphatic heterocycles. The van der Waals surface area contributed by atoms with Crippen molar-refractivity contribution in [1.82, 2.24) is 0 Å². The van der Waals surface area contributed by atoms with Crippen LogP contribution in [0.4, 0.5) is 5.69 Å². The second-order valence-corrected chi connectivity index (χ2v) is 2.91. The van der Waals surface area contributed by atoms with E-state index in [1.54, 1.807) is 20.0 Å². The van der Waals surface area contributed by atoms with Gasteiger partial charge in [-0.1, -0.05) is 13.0 Å². The lowest BCUT2D eigenvalue weighted by atomic mass is 10.2. The van der Waals surface area contributed by atoms with Gasteiger partial charge < -0.3 is 14.8 Å². The molecule has 4 heteroatoms. The summed E-state index contributed by atoms with van der Waals surface area (Å²) < 4.78 is 10.3. The first kappa shape index (κ1) is 11.4. The van der Waals surface area contributed by atoms with Gasteiger partial charge in [-0.25, -0.2) is 0 Å². The Morgan fingerprint density at radius 2 is 2.20 bits per heavy atom. The van der Waals surface area contributed by atoms with E-state index in [9.17, 15) is 4.79 Å². The normalized spacial score (nSPS) is 9.53. The molecule has 0 heterocycles. The zero-order chi connectivity index (χ0) is 11.3. The van der Waals surface area contributed by atoms with Crippen molar-refractivity contribution in [3.8, 4) is 11.5 Å². The molecule has 0 radical (unpaired) electrons. The molecule has 0 fully saturated rings. The molecule has 15 heavy (non-hydrogen) atoms. The number of esters is 1. The van der Waals surface area contributed by atoms with E-state index in [1.807, 2.05) is 12.1 Å². The average Bonchev–Trinajstić information content (AvgIpc) is 2.29. The lowest BCUT2D eigenvalue weighted by Gasteiger charge is -2.12. The maximum atomic E-state index is 11.2. The molecule has 0 saturated heterocycles. The molecule has 4 nitrogen and oxygen atoms in total. The van der Waals surface area contributed by atoms with Crippen LogP contribution < -0.4 is 14.8 Å². The number of methoxy groups -OCH3 is 1. The highest BCUT2D eigenvalue weighted by Crippen LogP contribution is 2.34. The second-order valence-electron chi connectivity index (χ2n) is 2.91. The largest absolute Gasteiger partial charge is 0.493 e. The number of ether oxygens (including phenoxy) is 2. The van der Waals surface area contributed by atoms with E-state index >= 15 is 0 Å². The van der Waals surface area contributed by atoms with Crippen molar-refractivity contribution in [2.24, 2.45) is 0 Å². The monoisotopic (exact) mass is 209 g/mol. The van der Waals surface area contributed by atoms with Gasteiger partial charge >= 0.3 is 5.97 Å². The summed E-state index contributed by atoms with van der Waals surface area (Å²) >= 11 is 0. The topological polar surface area (TPSA) is 47.6 Å². The first-order chi connectivity index (χ1) is 7.22. The van der Waals surface area contributed by atoms with Crippen LogP contribution in [-0.4, -0.2) is 20.1 Å². The highest BCUT2D eigenvalue weighted by molar-refractivity contribution is 5.76. The van der Waals surface area contributed by atoms with Gasteiger partial charge in [0.2, 0.25) is 0 Å². The summed E-state index contributed by atoms with van der Waals surface area (Å²) in [6, 6.07) is 5.40. The third kappa shape index (κ3) is 2.62. The molecule has 0 bridgehead atoms. The number of carbonyl (C=O) groups excluding carboxylic acids is 1. The molecule has 0 saturated carbocycles. The molecule has 0 spiro atoms. The highest BCUT2D eigenvalue weighted by Gasteiger charge is 2.12. The minimum absolute atomic E-state index is 0.281. The summed E-state index contributed by atoms with van der Waals surface area (Å²) in [5.41, 5.74) is 0.733. The van der Waals surface area contributed by atoms with Crippen LogP contribution >= 0.6 is 0 Å². The first-order valence-electron chi connectivity index (χ1n) is 4.78. The number of hydrogen-bond donors (Lipinski definition) is 1. The van der Waals surface area contributed by atoms with E-state index in [1.165, 1.54) is 7.11 Å². The number of carbonyl (C=O) groups is 1. The molecule has 1 N–H and O–H groups in total. The fourth-order valence-corrected chi connectivity index (χ4v) is 1.16. The molecule has 0 amide bonds. The Labute approximate surface area is 89.2 Å². The molecule has 1 aromatic rings. The third-order valence-corrected chi connectivity index (χ3v) is 1.97. The molecule has 1 rings (SSSR count). The van der Waals surface area contributed by atoms with E-state index < -0.39 is 0 Å². The van der Waals surface area contributed by atoms with Crippen LogP contribution in [-0.2, 0) is 4.79 Å². The van der Waals surface area contributed by atoms with E-state index in [0.29, 0.717) is 17.9 Å². The van der Waals surface area contributed by atoms with Gasteiger partial charge in [-0.15, -0.1) is 0 Å². The summed E-state index contributed by atoms with van der Waals surface area (Å²) in [4.78, 5) is 11.2. The van der Waals surface area contributed by atoms with Crippen LogP contribution in [0, 0.1) is 0 Å². The predicted molar refractivity (Wildman–Crippen MR) is 58.5 cm³/mol. The number of hydrogen-bond acceptors (Lipinski definition) is 4. The van der Waals surface area contributed by atoms with Crippen molar-refractivity contribution in [2.45, 2.75) is 13.3 Å². The van der Waals surface area contributed by atoms with E-state index in [2.05, 4.69) is 5.32 Å². The summed E-state index contributed by atoms with van der Waals surface area (Å²) in [7, 11) is 3.30. The van der Waals surface area contributed by atoms with Gasteiger partial charge in [0.15, 0.2) is 11.5 Å². The Hall–Kier alpha value is -1.71. The molecular weight excluding hydrogens is 194 g/mol. The Bertz CT molecular complexity index is 327. The van der Waals surface area contributed by atoms with E-state index in [4.69, 9.17) is 9.47 Å². The Morgan fingerprint density at radius 3 is 2.73 bits per heavy atom. The molecule has 0 aliphatic rings. The molecule has 0 atom stereocenters. The summed E-state index contributed by atoms with van der Waals surface area (Å²) in [5, 5.41) is 2.94. The van der Waals surface area contributed by atoms with Gasteiger partial charge in [0, 0.05) is 13.5 Å². The quantitative estimate of drug-likeness (QED) is 0.609. The van der Waals surface area contributed by atoms with Crippen LogP contribution in [0.25, 0.3) is 0 Å². The Morgan fingerprint density at radius 1 is 1.47 bits per heavy atom. The van der Waals surface area contributed by atoms with Crippen molar-refractivity contribution in [3.63, 3.8) is 0 Å². The fourth-order valence-electron chi connectivity index (χ4n) is 1.16. The average molecular weight is 209 g/mol. The minimum atomic E-state index is -0.281. The highest BCUT2D eigenvalue weighted by atomic mass is 16.6. The number of benzene rings is 1. The SMILES string of the molecule is CCC(=O)Oc1c(NC)cccc1OC. The lowest BCUT2D eigenvalue weighted by Crippen LogP contribution is -2.08. The zero-order valence-corrected chi connectivity index (χ0v) is 9.16. The third-order valence-electron chi connectivity index (χ3n) is 1.97. The van der Waals surface area contributed by atoms with Gasteiger partial charge in [-0.05, 0) is 12.1 Å². The van der Waals surface area contributed by atoms with Gasteiger partial charge in [0.25, 0.3) is 0 Å². The predicted octanol–water partition coefficient (Wildman–Crippen LogP) is 2.05. The summed E-state index contributed by atoms with van der Waals surface area (Å²) in [6.45, 7) is 1.75. The van der Waals surface area contributed by atoms with Crippen molar-refractivity contribution < 1.29 is 14.3 Å². The zero-order valence-electron chi connectivity index (χ0n) is 9.16. The number of rotatable bonds is 4. The maximum Gasteiger partial charge on any atom is 0.311 e. The lowest BCUT2D eigenvalue weighted by molar-refractivity contribution is -0.134. The molecule has 0 unspecified atom stereocenters. The van der Waals surface area contributed by atoms with Crippen LogP contribution in [0.2, 0.25) is 0 Å². The van der Waals surface area contributed by atoms with Crippen molar-refractivity contribution in [2.75, 3.05) is 19.5 Å². The van der Waals surface area contributed by atoms with E-state index in [0.717, 1.165) is 5.69 Å². The van der Waals surface area contributed by atoms with Crippen molar-refractivity contribution >= 4 is 11.7 Å². The number of anilines is 1. The van der Waals surface area contributed by atoms with Crippen LogP contribution in [0.15, 0.2) is 18.2 Å². The molecule has 1 aromatic carbocycles. The Kier molecular flexibility index (Phi) is 3.97. The van der Waals surface area contributed by atoms with Gasteiger partial charge in [-0.2, -0.15) is 0 Å². The van der Waals surface area contributed by atoms with Crippen molar-refractivity contribution in [3.05, 3.63) is 18.2 Å². The van der Waals surface area contributed by atoms with Crippen LogP contribution in [0.3, 0.4) is 0 Å². The molecule has 0 aliphatic carbocycles. The number of para-hydroxylation sites is 1. The van der Waals surface area contributed by atoms with Crippen LogP contribution in [0.5, 0.6) is 11.5 Å². The number of nitrogens with one attached hydrogen (secondary N) is 1. The molecular formula is C11H15NO3. The standard InChI is InChI=1S/C11H15NO3/c1-4-10(13)15-11-8(12-2)6-5-7-9(11)14-3/h5-7,12H,4H2,1-3H3. The van der Waals surface area contributed by atoms with Gasteiger partial charge in [-0.3, -0.25) is 4.79 Å². The minimum Gasteiger partial charge on any atom is -0.493 e. The Balaban J connectivity index is 3.05. The van der Waals surface area contributed by atoms with Gasteiger partial charge in [0.1, 0.15) is 0 Å². The second kappa shape index (κ2) is 5.24. The first-order valence-corrected chi connectivity index (χ1v) is 4.78. The molecule has 0 aromatic heterocycles. The van der Waals surface area contributed by atoms with E-state index in [-0.39, 0.29) is 5.97 Å². The van der Waals surface area contributed by atoms with Crippen molar-refractivity contribution in [1.29, 1.82) is 0 Å². The smallest absolute Gasteiger partial charge is 0.311 e. The van der Waals surface area contributed by atoms with Gasteiger partial charge in [0.05, 0.1) is 12.8 Å². The molecule has 82 valence electrons. The van der Waals surface area contributed by atoms with Crippen LogP contribution in [0.1, 0.15) is 13.3 Å². The fraction of sp³-hybridized carbons (Fsp3) is 0.364. The summed E-state index contributed by atoms with van der Waals surface area (Å²) in [5.74, 6) is 0.703. The maximum absolute atomic E-state index is 11.2. The summed E-state index contributed by atoms with van der Waals surface area (Å²) in [6.07, 6.45) is 0.335.